The summed E-state index contributed by atoms with van der Waals surface area (Å²) in [6.45, 7) is 1.83. The fourth-order valence-electron chi connectivity index (χ4n) is 2.40. The average Bonchev–Trinajstić information content (AvgIpc) is 2.63. The van der Waals surface area contributed by atoms with Crippen molar-refractivity contribution in [3.8, 4) is 0 Å². The van der Waals surface area contributed by atoms with Gasteiger partial charge in [0.15, 0.2) is 12.6 Å². The summed E-state index contributed by atoms with van der Waals surface area (Å²) in [4.78, 5) is 26.4. The molecule has 0 fully saturated rings. The van der Waals surface area contributed by atoms with Crippen LogP contribution in [0.1, 0.15) is 6.92 Å². The molecule has 5 nitrogen and oxygen atoms in total. The van der Waals surface area contributed by atoms with Crippen molar-refractivity contribution >= 4 is 46.6 Å². The molecule has 2 aromatic carbocycles. The summed E-state index contributed by atoms with van der Waals surface area (Å²) in [6, 6.07) is 10.8. The lowest BCUT2D eigenvalue weighted by Gasteiger charge is -2.21. The van der Waals surface area contributed by atoms with Crippen LogP contribution < -0.4 is 15.5 Å². The molecule has 0 spiro atoms. The maximum absolute atomic E-state index is 13.1. The monoisotopic (exact) mass is 410 g/mol. The minimum absolute atomic E-state index is 0.119. The van der Waals surface area contributed by atoms with Gasteiger partial charge in [-0.1, -0.05) is 23.7 Å². The summed E-state index contributed by atoms with van der Waals surface area (Å²) in [5, 5.41) is 5.67. The quantitative estimate of drug-likeness (QED) is 0.615. The van der Waals surface area contributed by atoms with Gasteiger partial charge in [0.25, 0.3) is 11.8 Å². The first-order chi connectivity index (χ1) is 12.8. The predicted molar refractivity (Wildman–Crippen MR) is 108 cm³/mol. The lowest BCUT2D eigenvalue weighted by Crippen LogP contribution is -3.14. The number of halogens is 2. The van der Waals surface area contributed by atoms with Crippen LogP contribution in [0.2, 0.25) is 5.02 Å². The molecule has 27 heavy (non-hydrogen) atoms. The zero-order valence-corrected chi connectivity index (χ0v) is 16.9. The van der Waals surface area contributed by atoms with Crippen LogP contribution in [0.3, 0.4) is 0 Å². The summed E-state index contributed by atoms with van der Waals surface area (Å²) in [7, 11) is 1.76. The molecule has 0 bridgehead atoms. The van der Waals surface area contributed by atoms with E-state index in [0.29, 0.717) is 10.6 Å². The molecule has 0 aliphatic rings. The number of hydrogen-bond acceptors (Lipinski definition) is 3. The molecule has 1 unspecified atom stereocenters. The van der Waals surface area contributed by atoms with Gasteiger partial charge in [-0.25, -0.2) is 4.39 Å². The smallest absolute Gasteiger partial charge is 0.282 e. The van der Waals surface area contributed by atoms with Gasteiger partial charge in [0.1, 0.15) is 5.82 Å². The zero-order valence-electron chi connectivity index (χ0n) is 15.3. The van der Waals surface area contributed by atoms with Crippen molar-refractivity contribution in [1.29, 1.82) is 0 Å². The van der Waals surface area contributed by atoms with E-state index in [2.05, 4.69) is 10.6 Å². The van der Waals surface area contributed by atoms with Crippen molar-refractivity contribution in [3.63, 3.8) is 0 Å². The highest BCUT2D eigenvalue weighted by atomic mass is 35.5. The average molecular weight is 411 g/mol. The van der Waals surface area contributed by atoms with E-state index in [1.54, 1.807) is 25.7 Å². The van der Waals surface area contributed by atoms with E-state index in [1.807, 2.05) is 30.5 Å². The Balaban J connectivity index is 1.94. The number of thioether (sulfide) groups is 1. The molecule has 0 heterocycles. The van der Waals surface area contributed by atoms with Crippen molar-refractivity contribution in [1.82, 2.24) is 0 Å². The molecule has 0 aromatic heterocycles. The summed E-state index contributed by atoms with van der Waals surface area (Å²) in [5.74, 6) is -0.970. The van der Waals surface area contributed by atoms with Crippen LogP contribution in [0.15, 0.2) is 47.4 Å². The van der Waals surface area contributed by atoms with Crippen molar-refractivity contribution in [2.75, 3.05) is 30.5 Å². The molecule has 8 heteroatoms. The first kappa shape index (κ1) is 21.2. The molecule has 2 amide bonds. The van der Waals surface area contributed by atoms with Gasteiger partial charge in [0.2, 0.25) is 0 Å². The van der Waals surface area contributed by atoms with Crippen LogP contribution in [0.25, 0.3) is 0 Å². The standard InChI is InChI=1S/C19H21ClFN3O2S/c1-12(19(26)23-15-9-8-13(21)10-14(15)20)24(2)11-18(25)22-16-6-4-5-7-17(16)27-3/h4-10,12H,11H2,1-3H3,(H,22,25)(H,23,26)/p+1/t12-/m1/s1. The van der Waals surface area contributed by atoms with Crippen molar-refractivity contribution in [3.05, 3.63) is 53.3 Å². The Bertz CT molecular complexity index is 834. The molecule has 0 aliphatic carbocycles. The van der Waals surface area contributed by atoms with Crippen LogP contribution in [0.4, 0.5) is 15.8 Å². The number of rotatable bonds is 7. The Morgan fingerprint density at radius 2 is 1.89 bits per heavy atom. The molecule has 144 valence electrons. The minimum Gasteiger partial charge on any atom is -0.320 e. The second-order valence-corrected chi connectivity index (χ2v) is 7.36. The van der Waals surface area contributed by atoms with E-state index in [9.17, 15) is 14.0 Å². The number of anilines is 2. The number of nitrogens with one attached hydrogen (secondary N) is 3. The Labute approximate surface area is 167 Å². The molecule has 0 radical (unpaired) electrons. The SMILES string of the molecule is CSc1ccccc1NC(=O)C[NH+](C)[C@H](C)C(=O)Nc1ccc(F)cc1Cl. The maximum Gasteiger partial charge on any atom is 0.282 e. The van der Waals surface area contributed by atoms with Gasteiger partial charge in [-0.05, 0) is 43.5 Å². The molecular weight excluding hydrogens is 389 g/mol. The Kier molecular flexibility index (Phi) is 7.65. The van der Waals surface area contributed by atoms with Gasteiger partial charge < -0.3 is 15.5 Å². The molecule has 2 rings (SSSR count). The zero-order chi connectivity index (χ0) is 20.0. The number of benzene rings is 2. The summed E-state index contributed by atoms with van der Waals surface area (Å²) in [5.41, 5.74) is 1.08. The molecule has 0 saturated heterocycles. The Hall–Kier alpha value is -2.09. The fourth-order valence-corrected chi connectivity index (χ4v) is 3.17. The second kappa shape index (κ2) is 9.73. The number of para-hydroxylation sites is 1. The first-order valence-corrected chi connectivity index (χ1v) is 9.93. The van der Waals surface area contributed by atoms with Crippen LogP contribution >= 0.6 is 23.4 Å². The van der Waals surface area contributed by atoms with Crippen molar-refractivity contribution < 1.29 is 18.9 Å². The summed E-state index contributed by atoms with van der Waals surface area (Å²) >= 11 is 7.48. The van der Waals surface area contributed by atoms with Gasteiger partial charge in [-0.2, -0.15) is 0 Å². The number of carbonyl (C=O) groups excluding carboxylic acids is 2. The van der Waals surface area contributed by atoms with Crippen LogP contribution in [0, 0.1) is 5.82 Å². The molecule has 0 saturated carbocycles. The third-order valence-electron chi connectivity index (χ3n) is 4.14. The molecule has 2 aromatic rings. The molecule has 2 atom stereocenters. The van der Waals surface area contributed by atoms with E-state index in [0.717, 1.165) is 16.6 Å². The lowest BCUT2D eigenvalue weighted by atomic mass is 10.2. The molecule has 0 aliphatic heterocycles. The highest BCUT2D eigenvalue weighted by Crippen LogP contribution is 2.24. The van der Waals surface area contributed by atoms with E-state index >= 15 is 0 Å². The van der Waals surface area contributed by atoms with Gasteiger partial charge >= 0.3 is 0 Å². The minimum atomic E-state index is -0.507. The third-order valence-corrected chi connectivity index (χ3v) is 5.25. The normalized spacial score (nSPS) is 12.9. The number of likely N-dealkylation sites (N-methyl/N-ethyl adjacent to an activating group) is 1. The largest absolute Gasteiger partial charge is 0.320 e. The van der Waals surface area contributed by atoms with E-state index in [-0.39, 0.29) is 23.4 Å². The van der Waals surface area contributed by atoms with Crippen LogP contribution in [0.5, 0.6) is 0 Å². The van der Waals surface area contributed by atoms with E-state index in [4.69, 9.17) is 11.6 Å². The maximum atomic E-state index is 13.1. The molecule has 3 N–H and O–H groups in total. The summed E-state index contributed by atoms with van der Waals surface area (Å²) in [6.07, 6.45) is 1.94. The van der Waals surface area contributed by atoms with Crippen LogP contribution in [-0.2, 0) is 9.59 Å². The van der Waals surface area contributed by atoms with Crippen LogP contribution in [-0.4, -0.2) is 37.7 Å². The Morgan fingerprint density at radius 1 is 1.19 bits per heavy atom. The number of carbonyl (C=O) groups is 2. The molecular formula is C19H22ClFN3O2S+. The van der Waals surface area contributed by atoms with Gasteiger partial charge in [0, 0.05) is 4.90 Å². The van der Waals surface area contributed by atoms with E-state index < -0.39 is 11.9 Å². The fraction of sp³-hybridized carbons (Fsp3) is 0.263. The van der Waals surface area contributed by atoms with Gasteiger partial charge in [-0.3, -0.25) is 9.59 Å². The van der Waals surface area contributed by atoms with Gasteiger partial charge in [0.05, 0.1) is 23.4 Å². The number of quaternary nitrogens is 1. The summed E-state index contributed by atoms with van der Waals surface area (Å²) < 4.78 is 13.1. The third kappa shape index (κ3) is 5.95. The second-order valence-electron chi connectivity index (χ2n) is 6.11. The van der Waals surface area contributed by atoms with E-state index in [1.165, 1.54) is 12.1 Å². The highest BCUT2D eigenvalue weighted by Gasteiger charge is 2.24. The van der Waals surface area contributed by atoms with Gasteiger partial charge in [-0.15, -0.1) is 11.8 Å². The number of hydrogen-bond donors (Lipinski definition) is 3. The first-order valence-electron chi connectivity index (χ1n) is 8.33. The predicted octanol–water partition coefficient (Wildman–Crippen LogP) is 2.68. The number of amides is 2. The lowest BCUT2D eigenvalue weighted by molar-refractivity contribution is -0.885. The topological polar surface area (TPSA) is 62.6 Å². The van der Waals surface area contributed by atoms with Crippen molar-refractivity contribution in [2.24, 2.45) is 0 Å². The van der Waals surface area contributed by atoms with Crippen molar-refractivity contribution in [2.45, 2.75) is 17.9 Å². The Morgan fingerprint density at radius 3 is 2.56 bits per heavy atom. The highest BCUT2D eigenvalue weighted by molar-refractivity contribution is 7.98.